The van der Waals surface area contributed by atoms with E-state index in [2.05, 4.69) is 22.5 Å². The van der Waals surface area contributed by atoms with Gasteiger partial charge in [0, 0.05) is 30.7 Å². The van der Waals surface area contributed by atoms with Crippen LogP contribution in [0.2, 0.25) is 0 Å². The van der Waals surface area contributed by atoms with E-state index in [0.717, 1.165) is 28.1 Å². The third-order valence-electron chi connectivity index (χ3n) is 5.69. The fraction of sp³-hybridized carbons (Fsp3) is 0.107. The summed E-state index contributed by atoms with van der Waals surface area (Å²) in [5.74, 6) is 0.563. The lowest BCUT2D eigenvalue weighted by Gasteiger charge is -2.08. The Morgan fingerprint density at radius 2 is 1.74 bits per heavy atom. The highest BCUT2D eigenvalue weighted by molar-refractivity contribution is 5.99. The van der Waals surface area contributed by atoms with Gasteiger partial charge in [0.05, 0.1) is 24.9 Å². The highest BCUT2D eigenvalue weighted by Gasteiger charge is 2.19. The van der Waals surface area contributed by atoms with Gasteiger partial charge in [-0.2, -0.15) is 10.2 Å². The molecule has 5 aromatic rings. The smallest absolute Gasteiger partial charge is 0.255 e. The normalized spacial score (nSPS) is 10.8. The topological polar surface area (TPSA) is 74.0 Å². The van der Waals surface area contributed by atoms with E-state index in [9.17, 15) is 4.79 Å². The molecule has 0 saturated carbocycles. The van der Waals surface area contributed by atoms with Crippen LogP contribution in [0.1, 0.15) is 21.5 Å². The van der Waals surface area contributed by atoms with Gasteiger partial charge in [-0.25, -0.2) is 4.68 Å². The summed E-state index contributed by atoms with van der Waals surface area (Å²) in [6.07, 6.45) is 5.47. The molecule has 174 valence electrons. The van der Waals surface area contributed by atoms with E-state index >= 15 is 0 Å². The van der Waals surface area contributed by atoms with Gasteiger partial charge in [-0.15, -0.1) is 0 Å². The Labute approximate surface area is 203 Å². The number of nitrogens with zero attached hydrogens (tertiary/aromatic N) is 4. The molecule has 1 amide bonds. The molecule has 0 aliphatic carbocycles. The van der Waals surface area contributed by atoms with Gasteiger partial charge >= 0.3 is 0 Å². The number of para-hydroxylation sites is 1. The van der Waals surface area contributed by atoms with Gasteiger partial charge in [0.2, 0.25) is 0 Å². The van der Waals surface area contributed by atoms with Crippen molar-refractivity contribution in [1.82, 2.24) is 24.9 Å². The molecule has 0 fully saturated rings. The predicted octanol–water partition coefficient (Wildman–Crippen LogP) is 4.72. The number of carbonyl (C=O) groups excluding carboxylic acids is 1. The molecule has 2 heterocycles. The molecule has 2 aromatic heterocycles. The number of aromatic nitrogens is 4. The second kappa shape index (κ2) is 10.1. The molecule has 0 spiro atoms. The number of ether oxygens (including phenoxy) is 1. The van der Waals surface area contributed by atoms with E-state index in [0.29, 0.717) is 24.3 Å². The fourth-order valence-electron chi connectivity index (χ4n) is 3.91. The molecule has 5 rings (SSSR count). The third kappa shape index (κ3) is 5.14. The molecule has 7 nitrogen and oxygen atoms in total. The van der Waals surface area contributed by atoms with Crippen LogP contribution < -0.4 is 10.1 Å². The van der Waals surface area contributed by atoms with E-state index in [1.54, 1.807) is 24.2 Å². The van der Waals surface area contributed by atoms with Crippen LogP contribution in [0.4, 0.5) is 0 Å². The summed E-state index contributed by atoms with van der Waals surface area (Å²) in [6.45, 7) is 1.09. The van der Waals surface area contributed by atoms with Gasteiger partial charge in [-0.05, 0) is 53.6 Å². The highest BCUT2D eigenvalue weighted by Crippen LogP contribution is 2.26. The number of hydrogen-bond donors (Lipinski definition) is 1. The molecule has 0 bridgehead atoms. The number of rotatable bonds is 8. The summed E-state index contributed by atoms with van der Waals surface area (Å²) in [6, 6.07) is 27.3. The molecular weight excluding hydrogens is 438 g/mol. The van der Waals surface area contributed by atoms with Crippen molar-refractivity contribution in [2.75, 3.05) is 7.11 Å². The Balaban J connectivity index is 1.39. The number of benzene rings is 3. The molecule has 35 heavy (non-hydrogen) atoms. The van der Waals surface area contributed by atoms with Crippen LogP contribution in [0.3, 0.4) is 0 Å². The number of methoxy groups -OCH3 is 1. The zero-order valence-corrected chi connectivity index (χ0v) is 19.3. The van der Waals surface area contributed by atoms with Gasteiger partial charge < -0.3 is 10.1 Å². The molecular formula is C28H25N5O2. The molecule has 7 heteroatoms. The minimum Gasteiger partial charge on any atom is -0.497 e. The third-order valence-corrected chi connectivity index (χ3v) is 5.69. The van der Waals surface area contributed by atoms with Crippen molar-refractivity contribution in [3.05, 3.63) is 120 Å². The van der Waals surface area contributed by atoms with E-state index in [1.807, 2.05) is 83.7 Å². The highest BCUT2D eigenvalue weighted by atomic mass is 16.5. The first-order valence-electron chi connectivity index (χ1n) is 11.3. The van der Waals surface area contributed by atoms with Crippen LogP contribution in [0.15, 0.2) is 104 Å². The zero-order valence-electron chi connectivity index (χ0n) is 19.3. The van der Waals surface area contributed by atoms with E-state index in [4.69, 9.17) is 9.84 Å². The summed E-state index contributed by atoms with van der Waals surface area (Å²) >= 11 is 0. The van der Waals surface area contributed by atoms with Gasteiger partial charge in [-0.3, -0.25) is 9.48 Å². The standard InChI is InChI=1S/C28H25N5O2/c1-35-25-13-11-23(12-14-25)27-26(20-33(31-27)24-9-3-2-4-10-24)28(34)29-18-21-7-5-8-22(17-21)19-32-16-6-15-30-32/h2-17,20H,18-19H2,1H3,(H,29,34). The Bertz CT molecular complexity index is 1410. The van der Waals surface area contributed by atoms with Crippen molar-refractivity contribution in [2.24, 2.45) is 0 Å². The fourth-order valence-corrected chi connectivity index (χ4v) is 3.91. The molecule has 0 radical (unpaired) electrons. The summed E-state index contributed by atoms with van der Waals surface area (Å²) in [5.41, 5.74) is 4.98. The van der Waals surface area contributed by atoms with Crippen LogP contribution >= 0.6 is 0 Å². The van der Waals surface area contributed by atoms with Gasteiger partial charge in [0.25, 0.3) is 5.91 Å². The predicted molar refractivity (Wildman–Crippen MR) is 134 cm³/mol. The zero-order chi connectivity index (χ0) is 24.0. The number of carbonyl (C=O) groups is 1. The van der Waals surface area contributed by atoms with E-state index < -0.39 is 0 Å². The average Bonchev–Trinajstić information content (AvgIpc) is 3.59. The van der Waals surface area contributed by atoms with Crippen molar-refractivity contribution >= 4 is 5.91 Å². The molecule has 0 atom stereocenters. The van der Waals surface area contributed by atoms with Crippen molar-refractivity contribution < 1.29 is 9.53 Å². The summed E-state index contributed by atoms with van der Waals surface area (Å²) in [4.78, 5) is 13.3. The maximum atomic E-state index is 13.3. The average molecular weight is 464 g/mol. The molecule has 0 aliphatic rings. The Morgan fingerprint density at radius 3 is 2.49 bits per heavy atom. The minimum absolute atomic E-state index is 0.185. The van der Waals surface area contributed by atoms with E-state index in [1.165, 1.54) is 0 Å². The Hall–Kier alpha value is -4.65. The minimum atomic E-state index is -0.185. The van der Waals surface area contributed by atoms with E-state index in [-0.39, 0.29) is 5.91 Å². The first-order chi connectivity index (χ1) is 17.2. The molecule has 0 saturated heterocycles. The number of amides is 1. The van der Waals surface area contributed by atoms with Crippen LogP contribution in [-0.2, 0) is 13.1 Å². The van der Waals surface area contributed by atoms with Crippen LogP contribution in [0, 0.1) is 0 Å². The maximum Gasteiger partial charge on any atom is 0.255 e. The van der Waals surface area contributed by atoms with Gasteiger partial charge in [0.1, 0.15) is 11.4 Å². The van der Waals surface area contributed by atoms with Gasteiger partial charge in [0.15, 0.2) is 0 Å². The largest absolute Gasteiger partial charge is 0.497 e. The molecule has 0 aliphatic heterocycles. The van der Waals surface area contributed by atoms with Crippen molar-refractivity contribution in [1.29, 1.82) is 0 Å². The lowest BCUT2D eigenvalue weighted by Crippen LogP contribution is -2.23. The second-order valence-electron chi connectivity index (χ2n) is 8.11. The SMILES string of the molecule is COc1ccc(-c2nn(-c3ccccc3)cc2C(=O)NCc2cccc(Cn3cccn3)c2)cc1. The lowest BCUT2D eigenvalue weighted by atomic mass is 10.1. The van der Waals surface area contributed by atoms with Crippen molar-refractivity contribution in [3.63, 3.8) is 0 Å². The van der Waals surface area contributed by atoms with Crippen molar-refractivity contribution in [3.8, 4) is 22.7 Å². The Kier molecular flexibility index (Phi) is 6.39. The second-order valence-corrected chi connectivity index (χ2v) is 8.11. The van der Waals surface area contributed by atoms with Crippen molar-refractivity contribution in [2.45, 2.75) is 13.1 Å². The Morgan fingerprint density at radius 1 is 0.943 bits per heavy atom. The van der Waals surface area contributed by atoms with Crippen LogP contribution in [0.25, 0.3) is 16.9 Å². The van der Waals surface area contributed by atoms with Crippen LogP contribution in [-0.4, -0.2) is 32.6 Å². The van der Waals surface area contributed by atoms with Gasteiger partial charge in [-0.1, -0.05) is 42.5 Å². The monoisotopic (exact) mass is 463 g/mol. The summed E-state index contributed by atoms with van der Waals surface area (Å²) < 4.78 is 8.88. The number of hydrogen-bond acceptors (Lipinski definition) is 4. The molecule has 3 aromatic carbocycles. The quantitative estimate of drug-likeness (QED) is 0.361. The first kappa shape index (κ1) is 22.2. The maximum absolute atomic E-state index is 13.3. The summed E-state index contributed by atoms with van der Waals surface area (Å²) in [5, 5.41) is 12.1. The molecule has 0 unspecified atom stereocenters. The first-order valence-corrected chi connectivity index (χ1v) is 11.3. The summed E-state index contributed by atoms with van der Waals surface area (Å²) in [7, 11) is 1.63. The molecule has 1 N–H and O–H groups in total. The lowest BCUT2D eigenvalue weighted by molar-refractivity contribution is 0.0951. The number of nitrogens with one attached hydrogen (secondary N) is 1. The van der Waals surface area contributed by atoms with Crippen LogP contribution in [0.5, 0.6) is 5.75 Å².